The van der Waals surface area contributed by atoms with Crippen molar-refractivity contribution >= 4 is 17.4 Å². The van der Waals surface area contributed by atoms with E-state index in [0.29, 0.717) is 13.1 Å². The van der Waals surface area contributed by atoms with Crippen molar-refractivity contribution in [3.8, 4) is 0 Å². The highest BCUT2D eigenvalue weighted by molar-refractivity contribution is 7.11. The minimum absolute atomic E-state index is 0.0146. The van der Waals surface area contributed by atoms with E-state index in [2.05, 4.69) is 18.3 Å². The lowest BCUT2D eigenvalue weighted by atomic mass is 9.99. The lowest BCUT2D eigenvalue weighted by Crippen LogP contribution is -2.45. The molecule has 0 spiro atoms. The van der Waals surface area contributed by atoms with Gasteiger partial charge < -0.3 is 15.3 Å². The molecule has 2 amide bonds. The van der Waals surface area contributed by atoms with Gasteiger partial charge in [0.2, 0.25) is 0 Å². The molecule has 0 aliphatic carbocycles. The Morgan fingerprint density at radius 2 is 2.44 bits per heavy atom. The lowest BCUT2D eigenvalue weighted by Gasteiger charge is -2.31. The molecule has 4 nitrogen and oxygen atoms in total. The van der Waals surface area contributed by atoms with E-state index in [1.807, 2.05) is 11.0 Å². The Bertz CT molecular complexity index is 405. The SMILES string of the molecule is Cc1ccc(CNC(=O)N2CCCC(CO)C2)s1. The van der Waals surface area contributed by atoms with E-state index in [1.165, 1.54) is 9.75 Å². The largest absolute Gasteiger partial charge is 0.396 e. The second-order valence-electron chi connectivity index (χ2n) is 4.81. The van der Waals surface area contributed by atoms with Crippen LogP contribution in [0.15, 0.2) is 12.1 Å². The fourth-order valence-electron chi connectivity index (χ4n) is 2.25. The molecule has 1 aromatic heterocycles. The normalized spacial score (nSPS) is 19.9. The Morgan fingerprint density at radius 1 is 1.61 bits per heavy atom. The minimum atomic E-state index is -0.0146. The van der Waals surface area contributed by atoms with Crippen molar-refractivity contribution in [2.75, 3.05) is 19.7 Å². The molecule has 1 aliphatic rings. The molecule has 0 saturated carbocycles. The number of thiophene rings is 1. The molecule has 1 fully saturated rings. The molecule has 1 atom stereocenters. The quantitative estimate of drug-likeness (QED) is 0.880. The van der Waals surface area contributed by atoms with Crippen LogP contribution in [0.2, 0.25) is 0 Å². The van der Waals surface area contributed by atoms with Crippen LogP contribution in [-0.2, 0) is 6.54 Å². The van der Waals surface area contributed by atoms with Crippen molar-refractivity contribution < 1.29 is 9.90 Å². The summed E-state index contributed by atoms with van der Waals surface area (Å²) in [7, 11) is 0. The average molecular weight is 268 g/mol. The highest BCUT2D eigenvalue weighted by Gasteiger charge is 2.22. The van der Waals surface area contributed by atoms with Gasteiger partial charge in [0.05, 0.1) is 6.54 Å². The molecular formula is C13H20N2O2S. The summed E-state index contributed by atoms with van der Waals surface area (Å²) in [5, 5.41) is 12.1. The first-order chi connectivity index (χ1) is 8.69. The Morgan fingerprint density at radius 3 is 3.11 bits per heavy atom. The van der Waals surface area contributed by atoms with Gasteiger partial charge in [-0.05, 0) is 37.8 Å². The number of nitrogens with zero attached hydrogens (tertiary/aromatic N) is 1. The number of hydrogen-bond acceptors (Lipinski definition) is 3. The van der Waals surface area contributed by atoms with Crippen LogP contribution in [0.5, 0.6) is 0 Å². The van der Waals surface area contributed by atoms with Crippen molar-refractivity contribution in [3.05, 3.63) is 21.9 Å². The van der Waals surface area contributed by atoms with Gasteiger partial charge in [0.15, 0.2) is 0 Å². The fraction of sp³-hybridized carbons (Fsp3) is 0.615. The van der Waals surface area contributed by atoms with E-state index in [1.54, 1.807) is 11.3 Å². The van der Waals surface area contributed by atoms with Crippen LogP contribution in [0.4, 0.5) is 4.79 Å². The van der Waals surface area contributed by atoms with Gasteiger partial charge in [-0.2, -0.15) is 0 Å². The zero-order valence-electron chi connectivity index (χ0n) is 10.7. The van der Waals surface area contributed by atoms with Crippen molar-refractivity contribution in [2.24, 2.45) is 5.92 Å². The second kappa shape index (κ2) is 6.20. The molecule has 18 heavy (non-hydrogen) atoms. The first-order valence-electron chi connectivity index (χ1n) is 6.38. The Balaban J connectivity index is 1.80. The van der Waals surface area contributed by atoms with Crippen LogP contribution in [0, 0.1) is 12.8 Å². The molecule has 1 aliphatic heterocycles. The molecule has 0 radical (unpaired) electrons. The fourth-order valence-corrected chi connectivity index (χ4v) is 3.08. The van der Waals surface area contributed by atoms with Crippen LogP contribution in [0.1, 0.15) is 22.6 Å². The van der Waals surface area contributed by atoms with Gasteiger partial charge in [-0.3, -0.25) is 0 Å². The number of piperidine rings is 1. The Hall–Kier alpha value is -1.07. The number of aryl methyl sites for hydroxylation is 1. The van der Waals surface area contributed by atoms with E-state index < -0.39 is 0 Å². The zero-order valence-corrected chi connectivity index (χ0v) is 11.5. The summed E-state index contributed by atoms with van der Waals surface area (Å²) in [4.78, 5) is 16.2. The Labute approximate surface area is 112 Å². The van der Waals surface area contributed by atoms with Gasteiger partial charge >= 0.3 is 6.03 Å². The van der Waals surface area contributed by atoms with Gasteiger partial charge in [-0.15, -0.1) is 11.3 Å². The molecule has 0 aromatic carbocycles. The van der Waals surface area contributed by atoms with Crippen LogP contribution in [0.3, 0.4) is 0 Å². The van der Waals surface area contributed by atoms with Gasteiger partial charge in [-0.25, -0.2) is 4.79 Å². The summed E-state index contributed by atoms with van der Waals surface area (Å²) in [6.45, 7) is 4.30. The summed E-state index contributed by atoms with van der Waals surface area (Å²) in [6, 6.07) is 4.10. The number of nitrogens with one attached hydrogen (secondary N) is 1. The number of carbonyl (C=O) groups excluding carboxylic acids is 1. The zero-order chi connectivity index (χ0) is 13.0. The summed E-state index contributed by atoms with van der Waals surface area (Å²) in [6.07, 6.45) is 2.00. The predicted molar refractivity (Wildman–Crippen MR) is 72.7 cm³/mol. The molecular weight excluding hydrogens is 248 g/mol. The van der Waals surface area contributed by atoms with E-state index in [4.69, 9.17) is 5.11 Å². The lowest BCUT2D eigenvalue weighted by molar-refractivity contribution is 0.129. The maximum atomic E-state index is 12.0. The number of urea groups is 1. The van der Waals surface area contributed by atoms with Crippen molar-refractivity contribution in [1.29, 1.82) is 0 Å². The first kappa shape index (κ1) is 13.4. The monoisotopic (exact) mass is 268 g/mol. The first-order valence-corrected chi connectivity index (χ1v) is 7.19. The molecule has 2 heterocycles. The van der Waals surface area contributed by atoms with Gasteiger partial charge in [0.25, 0.3) is 0 Å². The molecule has 1 unspecified atom stereocenters. The van der Waals surface area contributed by atoms with Crippen LogP contribution in [-0.4, -0.2) is 35.7 Å². The average Bonchev–Trinajstić information content (AvgIpc) is 2.82. The molecule has 100 valence electrons. The van der Waals surface area contributed by atoms with Crippen LogP contribution >= 0.6 is 11.3 Å². The predicted octanol–water partition coefficient (Wildman–Crippen LogP) is 1.97. The third-order valence-electron chi connectivity index (χ3n) is 3.27. The summed E-state index contributed by atoms with van der Waals surface area (Å²) < 4.78 is 0. The number of amides is 2. The van der Waals surface area contributed by atoms with Gasteiger partial charge in [-0.1, -0.05) is 0 Å². The van der Waals surface area contributed by atoms with Crippen molar-refractivity contribution in [2.45, 2.75) is 26.3 Å². The molecule has 1 aromatic rings. The van der Waals surface area contributed by atoms with Crippen molar-refractivity contribution in [3.63, 3.8) is 0 Å². The summed E-state index contributed by atoms with van der Waals surface area (Å²) >= 11 is 1.71. The number of aliphatic hydroxyl groups excluding tert-OH is 1. The maximum Gasteiger partial charge on any atom is 0.317 e. The topological polar surface area (TPSA) is 52.6 Å². The molecule has 0 bridgehead atoms. The maximum absolute atomic E-state index is 12.0. The number of carbonyl (C=O) groups is 1. The standard InChI is InChI=1S/C13H20N2O2S/c1-10-4-5-12(18-10)7-14-13(17)15-6-2-3-11(8-15)9-16/h4-5,11,16H,2-3,6-9H2,1H3,(H,14,17). The molecule has 2 rings (SSSR count). The number of rotatable bonds is 3. The van der Waals surface area contributed by atoms with Crippen LogP contribution < -0.4 is 5.32 Å². The molecule has 5 heteroatoms. The van der Waals surface area contributed by atoms with Crippen LogP contribution in [0.25, 0.3) is 0 Å². The van der Waals surface area contributed by atoms with Gasteiger partial charge in [0.1, 0.15) is 0 Å². The second-order valence-corrected chi connectivity index (χ2v) is 6.18. The summed E-state index contributed by atoms with van der Waals surface area (Å²) in [5.41, 5.74) is 0. The number of hydrogen-bond donors (Lipinski definition) is 2. The Kier molecular flexibility index (Phi) is 4.60. The third kappa shape index (κ3) is 3.46. The highest BCUT2D eigenvalue weighted by atomic mass is 32.1. The van der Waals surface area contributed by atoms with E-state index in [-0.39, 0.29) is 18.6 Å². The summed E-state index contributed by atoms with van der Waals surface area (Å²) in [5.74, 6) is 0.244. The third-order valence-corrected chi connectivity index (χ3v) is 4.27. The van der Waals surface area contributed by atoms with Gasteiger partial charge in [0, 0.05) is 29.5 Å². The molecule has 2 N–H and O–H groups in total. The van der Waals surface area contributed by atoms with E-state index in [9.17, 15) is 4.79 Å². The minimum Gasteiger partial charge on any atom is -0.396 e. The smallest absolute Gasteiger partial charge is 0.317 e. The molecule has 1 saturated heterocycles. The van der Waals surface area contributed by atoms with Crippen molar-refractivity contribution in [1.82, 2.24) is 10.2 Å². The number of aliphatic hydroxyl groups is 1. The number of likely N-dealkylation sites (tertiary alicyclic amines) is 1. The highest BCUT2D eigenvalue weighted by Crippen LogP contribution is 2.17. The van der Waals surface area contributed by atoms with E-state index in [0.717, 1.165) is 19.4 Å². The van der Waals surface area contributed by atoms with E-state index >= 15 is 0 Å².